The molecule has 1 aliphatic heterocycles. The Morgan fingerprint density at radius 2 is 1.83 bits per heavy atom. The first-order valence-electron chi connectivity index (χ1n) is 11.4. The largest absolute Gasteiger partial charge is 0.482 e. The standard InChI is InChI=1S/C26H29N3O7/c1-5-34-23(31)16-35-20-9-7-18(8-10-20)22(30)15-29-14-19-12-17(6-11-21(19)24(29)32)13-27-28-25(33)36-26(2,3)4/h6-13H,5,14-16H2,1-4H3,(H,28,33). The average molecular weight is 496 g/mol. The van der Waals surface area contributed by atoms with Gasteiger partial charge in [0, 0.05) is 17.7 Å². The lowest BCUT2D eigenvalue weighted by Crippen LogP contribution is -2.30. The third kappa shape index (κ3) is 7.39. The first kappa shape index (κ1) is 26.4. The molecule has 2 aromatic carbocycles. The van der Waals surface area contributed by atoms with Gasteiger partial charge in [0.25, 0.3) is 5.91 Å². The van der Waals surface area contributed by atoms with Gasteiger partial charge in [-0.05, 0) is 75.2 Å². The fourth-order valence-electron chi connectivity index (χ4n) is 3.42. The van der Waals surface area contributed by atoms with E-state index in [-0.39, 0.29) is 38.0 Å². The van der Waals surface area contributed by atoms with Gasteiger partial charge in [0.15, 0.2) is 12.4 Å². The highest BCUT2D eigenvalue weighted by atomic mass is 16.6. The summed E-state index contributed by atoms with van der Waals surface area (Å²) in [6.45, 7) is 7.22. The van der Waals surface area contributed by atoms with E-state index in [9.17, 15) is 19.2 Å². The predicted molar refractivity (Wildman–Crippen MR) is 131 cm³/mol. The molecule has 10 nitrogen and oxygen atoms in total. The molecule has 0 fully saturated rings. The Morgan fingerprint density at radius 1 is 1.11 bits per heavy atom. The summed E-state index contributed by atoms with van der Waals surface area (Å²) in [5.41, 5.74) is 4.05. The SMILES string of the molecule is CCOC(=O)COc1ccc(C(=O)CN2Cc3cc(C=NNC(=O)OC(C)(C)C)ccc3C2=O)cc1. The van der Waals surface area contributed by atoms with E-state index in [0.717, 1.165) is 5.56 Å². The average Bonchev–Trinajstić information content (AvgIpc) is 3.11. The second kappa shape index (κ2) is 11.5. The van der Waals surface area contributed by atoms with Crippen LogP contribution in [-0.2, 0) is 20.8 Å². The van der Waals surface area contributed by atoms with Crippen molar-refractivity contribution in [3.8, 4) is 5.75 Å². The number of nitrogens with zero attached hydrogens (tertiary/aromatic N) is 2. The van der Waals surface area contributed by atoms with Gasteiger partial charge < -0.3 is 19.1 Å². The fraction of sp³-hybridized carbons (Fsp3) is 0.346. The number of carbonyl (C=O) groups excluding carboxylic acids is 4. The van der Waals surface area contributed by atoms with Crippen molar-refractivity contribution in [2.45, 2.75) is 39.8 Å². The number of ketones is 1. The van der Waals surface area contributed by atoms with Gasteiger partial charge >= 0.3 is 12.1 Å². The lowest BCUT2D eigenvalue weighted by atomic mass is 10.1. The number of Topliss-reactive ketones (excluding diaryl/α,β-unsaturated/α-hetero) is 1. The smallest absolute Gasteiger partial charge is 0.428 e. The lowest BCUT2D eigenvalue weighted by molar-refractivity contribution is -0.145. The van der Waals surface area contributed by atoms with Crippen molar-refractivity contribution in [2.24, 2.45) is 5.10 Å². The Kier molecular flexibility index (Phi) is 8.42. The minimum atomic E-state index is -0.668. The topological polar surface area (TPSA) is 124 Å². The number of amides is 2. The van der Waals surface area contributed by atoms with Crippen LogP contribution >= 0.6 is 0 Å². The molecule has 10 heteroatoms. The van der Waals surface area contributed by atoms with Gasteiger partial charge in [-0.15, -0.1) is 0 Å². The van der Waals surface area contributed by atoms with Crippen LogP contribution in [0.5, 0.6) is 5.75 Å². The summed E-state index contributed by atoms with van der Waals surface area (Å²) in [7, 11) is 0. The molecule has 2 aromatic rings. The van der Waals surface area contributed by atoms with Crippen LogP contribution in [0.3, 0.4) is 0 Å². The van der Waals surface area contributed by atoms with Crippen molar-refractivity contribution in [3.05, 3.63) is 64.7 Å². The van der Waals surface area contributed by atoms with Crippen LogP contribution in [0.2, 0.25) is 0 Å². The molecule has 3 rings (SSSR count). The number of ether oxygens (including phenoxy) is 3. The van der Waals surface area contributed by atoms with E-state index >= 15 is 0 Å². The molecule has 0 aromatic heterocycles. The molecule has 0 atom stereocenters. The number of hydrogen-bond acceptors (Lipinski definition) is 8. The molecule has 0 spiro atoms. The van der Waals surface area contributed by atoms with Gasteiger partial charge in [0.2, 0.25) is 0 Å². The van der Waals surface area contributed by atoms with Crippen molar-refractivity contribution in [1.82, 2.24) is 10.3 Å². The van der Waals surface area contributed by atoms with E-state index in [1.54, 1.807) is 70.2 Å². The van der Waals surface area contributed by atoms with Crippen molar-refractivity contribution in [2.75, 3.05) is 19.8 Å². The Hall–Kier alpha value is -4.21. The monoisotopic (exact) mass is 495 g/mol. The zero-order valence-corrected chi connectivity index (χ0v) is 20.7. The summed E-state index contributed by atoms with van der Waals surface area (Å²) in [4.78, 5) is 50.1. The zero-order valence-electron chi connectivity index (χ0n) is 20.7. The normalized spacial score (nSPS) is 12.9. The molecule has 0 saturated heterocycles. The predicted octanol–water partition coefficient (Wildman–Crippen LogP) is 3.33. The Balaban J connectivity index is 1.55. The molecule has 0 radical (unpaired) electrons. The molecular formula is C26H29N3O7. The van der Waals surface area contributed by atoms with Crippen LogP contribution in [0.15, 0.2) is 47.6 Å². The van der Waals surface area contributed by atoms with E-state index in [0.29, 0.717) is 22.4 Å². The number of esters is 1. The molecule has 0 saturated carbocycles. The number of hydrazone groups is 1. The van der Waals surface area contributed by atoms with E-state index in [1.165, 1.54) is 11.1 Å². The highest BCUT2D eigenvalue weighted by molar-refractivity contribution is 6.04. The van der Waals surface area contributed by atoms with Gasteiger partial charge in [-0.2, -0.15) is 5.10 Å². The maximum absolute atomic E-state index is 12.8. The number of carbonyl (C=O) groups is 4. The minimum Gasteiger partial charge on any atom is -0.482 e. The van der Waals surface area contributed by atoms with Crippen LogP contribution in [-0.4, -0.2) is 60.2 Å². The summed E-state index contributed by atoms with van der Waals surface area (Å²) in [5.74, 6) is -0.502. The van der Waals surface area contributed by atoms with Gasteiger partial charge in [0.1, 0.15) is 11.4 Å². The summed E-state index contributed by atoms with van der Waals surface area (Å²) >= 11 is 0. The third-order valence-corrected chi connectivity index (χ3v) is 4.95. The number of nitrogens with one attached hydrogen (secondary N) is 1. The van der Waals surface area contributed by atoms with Crippen LogP contribution < -0.4 is 10.2 Å². The van der Waals surface area contributed by atoms with Crippen molar-refractivity contribution in [1.29, 1.82) is 0 Å². The van der Waals surface area contributed by atoms with Crippen LogP contribution in [0.25, 0.3) is 0 Å². The van der Waals surface area contributed by atoms with E-state index < -0.39 is 17.7 Å². The third-order valence-electron chi connectivity index (χ3n) is 4.95. The van der Waals surface area contributed by atoms with Crippen molar-refractivity contribution >= 4 is 30.0 Å². The first-order valence-corrected chi connectivity index (χ1v) is 11.4. The highest BCUT2D eigenvalue weighted by Gasteiger charge is 2.29. The van der Waals surface area contributed by atoms with Gasteiger partial charge in [-0.1, -0.05) is 6.07 Å². The minimum absolute atomic E-state index is 0.0832. The molecule has 0 aliphatic carbocycles. The Bertz CT molecular complexity index is 1170. The molecule has 36 heavy (non-hydrogen) atoms. The quantitative estimate of drug-likeness (QED) is 0.245. The second-order valence-electron chi connectivity index (χ2n) is 8.99. The summed E-state index contributed by atoms with van der Waals surface area (Å²) in [6, 6.07) is 11.5. The van der Waals surface area contributed by atoms with E-state index in [4.69, 9.17) is 14.2 Å². The van der Waals surface area contributed by atoms with Crippen molar-refractivity contribution in [3.63, 3.8) is 0 Å². The highest BCUT2D eigenvalue weighted by Crippen LogP contribution is 2.24. The van der Waals surface area contributed by atoms with Crippen molar-refractivity contribution < 1.29 is 33.4 Å². The first-order chi connectivity index (χ1) is 17.1. The van der Waals surface area contributed by atoms with Crippen LogP contribution in [0.1, 0.15) is 59.5 Å². The number of fused-ring (bicyclic) bond motifs is 1. The number of benzene rings is 2. The summed E-state index contributed by atoms with van der Waals surface area (Å²) in [5, 5.41) is 3.88. The molecule has 1 heterocycles. The van der Waals surface area contributed by atoms with E-state index in [2.05, 4.69) is 10.5 Å². The zero-order chi connectivity index (χ0) is 26.3. The van der Waals surface area contributed by atoms with Gasteiger partial charge in [0.05, 0.1) is 19.4 Å². The molecular weight excluding hydrogens is 466 g/mol. The van der Waals surface area contributed by atoms with Gasteiger partial charge in [-0.25, -0.2) is 15.0 Å². The lowest BCUT2D eigenvalue weighted by Gasteiger charge is -2.18. The fourth-order valence-corrected chi connectivity index (χ4v) is 3.42. The molecule has 0 unspecified atom stereocenters. The molecule has 0 bridgehead atoms. The van der Waals surface area contributed by atoms with Crippen LogP contribution in [0.4, 0.5) is 4.79 Å². The Morgan fingerprint density at radius 3 is 2.50 bits per heavy atom. The van der Waals surface area contributed by atoms with Crippen LogP contribution in [0, 0.1) is 0 Å². The maximum atomic E-state index is 12.8. The molecule has 1 aliphatic rings. The molecule has 2 amide bonds. The number of hydrogen-bond donors (Lipinski definition) is 1. The second-order valence-corrected chi connectivity index (χ2v) is 8.99. The maximum Gasteiger partial charge on any atom is 0.428 e. The Labute approximate surface area is 209 Å². The molecule has 1 N–H and O–H groups in total. The summed E-state index contributed by atoms with van der Waals surface area (Å²) < 4.78 is 15.2. The molecule has 190 valence electrons. The summed E-state index contributed by atoms with van der Waals surface area (Å²) in [6.07, 6.45) is 0.784. The number of rotatable bonds is 9. The van der Waals surface area contributed by atoms with E-state index in [1.807, 2.05) is 0 Å². The van der Waals surface area contributed by atoms with Gasteiger partial charge in [-0.3, -0.25) is 9.59 Å².